The predicted octanol–water partition coefficient (Wildman–Crippen LogP) is 3.71. The molecule has 3 N–H and O–H groups in total. The van der Waals surface area contributed by atoms with Gasteiger partial charge in [-0.1, -0.05) is 30.3 Å². The Labute approximate surface area is 120 Å². The third kappa shape index (κ3) is 4.50. The van der Waals surface area contributed by atoms with Gasteiger partial charge in [-0.15, -0.1) is 0 Å². The van der Waals surface area contributed by atoms with Crippen molar-refractivity contribution in [1.29, 1.82) is 0 Å². The molecule has 20 heavy (non-hydrogen) atoms. The smallest absolute Gasteiger partial charge is 0.123 e. The molecule has 3 nitrogen and oxygen atoms in total. The third-order valence-corrected chi connectivity index (χ3v) is 2.89. The van der Waals surface area contributed by atoms with Crippen molar-refractivity contribution in [3.8, 4) is 5.75 Å². The molecule has 0 aromatic heterocycles. The van der Waals surface area contributed by atoms with Gasteiger partial charge in [0.05, 0.1) is 6.10 Å². The lowest BCUT2D eigenvalue weighted by Gasteiger charge is -2.13. The van der Waals surface area contributed by atoms with E-state index in [2.05, 4.69) is 29.6 Å². The van der Waals surface area contributed by atoms with Gasteiger partial charge in [0.15, 0.2) is 0 Å². The normalized spacial score (nSPS) is 10.6. The molecule has 106 valence electrons. The third-order valence-electron chi connectivity index (χ3n) is 2.89. The van der Waals surface area contributed by atoms with E-state index in [1.54, 1.807) is 0 Å². The molecular weight excluding hydrogens is 248 g/mol. The fraction of sp³-hybridized carbons (Fsp3) is 0.294. The van der Waals surface area contributed by atoms with Crippen LogP contribution in [-0.2, 0) is 6.42 Å². The van der Waals surface area contributed by atoms with Crippen molar-refractivity contribution < 1.29 is 4.74 Å². The van der Waals surface area contributed by atoms with Crippen LogP contribution in [0.15, 0.2) is 48.5 Å². The number of hydrogen-bond acceptors (Lipinski definition) is 3. The maximum absolute atomic E-state index is 5.90. The Bertz CT molecular complexity index is 538. The van der Waals surface area contributed by atoms with Gasteiger partial charge in [0.25, 0.3) is 0 Å². The second kappa shape index (κ2) is 6.85. The number of rotatable bonds is 6. The maximum atomic E-state index is 5.90. The number of nitrogen functional groups attached to an aromatic ring is 1. The molecule has 0 saturated carbocycles. The van der Waals surface area contributed by atoms with Gasteiger partial charge in [-0.2, -0.15) is 0 Å². The fourth-order valence-electron chi connectivity index (χ4n) is 2.06. The summed E-state index contributed by atoms with van der Waals surface area (Å²) in [7, 11) is 0. The molecule has 0 fully saturated rings. The van der Waals surface area contributed by atoms with Crippen molar-refractivity contribution in [2.45, 2.75) is 26.4 Å². The van der Waals surface area contributed by atoms with Crippen molar-refractivity contribution in [3.63, 3.8) is 0 Å². The minimum atomic E-state index is 0.147. The Kier molecular flexibility index (Phi) is 4.88. The molecular formula is C17H22N2O. The van der Waals surface area contributed by atoms with Crippen LogP contribution in [0.25, 0.3) is 0 Å². The fourth-order valence-corrected chi connectivity index (χ4v) is 2.06. The zero-order valence-electron chi connectivity index (χ0n) is 12.1. The highest BCUT2D eigenvalue weighted by Gasteiger charge is 2.02. The van der Waals surface area contributed by atoms with E-state index in [0.29, 0.717) is 5.69 Å². The van der Waals surface area contributed by atoms with Gasteiger partial charge >= 0.3 is 0 Å². The Balaban J connectivity index is 1.93. The quantitative estimate of drug-likeness (QED) is 0.787. The lowest BCUT2D eigenvalue weighted by molar-refractivity contribution is 0.242. The van der Waals surface area contributed by atoms with Crippen molar-refractivity contribution in [2.24, 2.45) is 0 Å². The van der Waals surface area contributed by atoms with Crippen LogP contribution in [0.2, 0.25) is 0 Å². The Hall–Kier alpha value is -2.16. The summed E-state index contributed by atoms with van der Waals surface area (Å²) in [5, 5.41) is 3.39. The Morgan fingerprint density at radius 1 is 1.10 bits per heavy atom. The van der Waals surface area contributed by atoms with Gasteiger partial charge in [0.2, 0.25) is 0 Å². The Morgan fingerprint density at radius 3 is 2.55 bits per heavy atom. The summed E-state index contributed by atoms with van der Waals surface area (Å²) in [5.74, 6) is 0.808. The average molecular weight is 270 g/mol. The molecule has 0 aliphatic carbocycles. The molecule has 0 aliphatic rings. The van der Waals surface area contributed by atoms with Crippen LogP contribution in [0.3, 0.4) is 0 Å². The van der Waals surface area contributed by atoms with Crippen molar-refractivity contribution in [3.05, 3.63) is 54.1 Å². The van der Waals surface area contributed by atoms with Gasteiger partial charge in [0.1, 0.15) is 5.75 Å². The Morgan fingerprint density at radius 2 is 1.85 bits per heavy atom. The standard InChI is InChI=1S/C17H22N2O/c1-13(2)20-17-11-15(18)10-16(12-17)19-9-8-14-6-4-3-5-7-14/h3-7,10-13,19H,8-9,18H2,1-2H3. The molecule has 0 amide bonds. The summed E-state index contributed by atoms with van der Waals surface area (Å²) in [6, 6.07) is 16.2. The molecule has 0 saturated heterocycles. The number of hydrogen-bond donors (Lipinski definition) is 2. The molecule has 0 radical (unpaired) electrons. The number of nitrogens with two attached hydrogens (primary N) is 1. The summed E-state index contributed by atoms with van der Waals surface area (Å²) >= 11 is 0. The van der Waals surface area contributed by atoms with Gasteiger partial charge in [-0.05, 0) is 31.9 Å². The molecule has 0 atom stereocenters. The van der Waals surface area contributed by atoms with Gasteiger partial charge < -0.3 is 15.8 Å². The largest absolute Gasteiger partial charge is 0.491 e. The predicted molar refractivity (Wildman–Crippen MR) is 85.3 cm³/mol. The first kappa shape index (κ1) is 14.3. The summed E-state index contributed by atoms with van der Waals surface area (Å²) in [4.78, 5) is 0. The maximum Gasteiger partial charge on any atom is 0.123 e. The second-order valence-corrected chi connectivity index (χ2v) is 5.12. The van der Waals surface area contributed by atoms with Gasteiger partial charge in [0, 0.05) is 30.1 Å². The van der Waals surface area contributed by atoms with Crippen molar-refractivity contribution in [2.75, 3.05) is 17.6 Å². The van der Waals surface area contributed by atoms with Crippen LogP contribution >= 0.6 is 0 Å². The zero-order valence-corrected chi connectivity index (χ0v) is 12.1. The highest BCUT2D eigenvalue weighted by Crippen LogP contribution is 2.23. The topological polar surface area (TPSA) is 47.3 Å². The SMILES string of the molecule is CC(C)Oc1cc(N)cc(NCCc2ccccc2)c1. The summed E-state index contributed by atoms with van der Waals surface area (Å²) in [6.07, 6.45) is 1.13. The molecule has 2 aromatic rings. The highest BCUT2D eigenvalue weighted by molar-refractivity contribution is 5.59. The summed E-state index contributed by atoms with van der Waals surface area (Å²) in [6.45, 7) is 4.88. The van der Waals surface area contributed by atoms with E-state index in [1.807, 2.05) is 38.1 Å². The minimum Gasteiger partial charge on any atom is -0.491 e. The van der Waals surface area contributed by atoms with Gasteiger partial charge in [-0.3, -0.25) is 0 Å². The second-order valence-electron chi connectivity index (χ2n) is 5.12. The van der Waals surface area contributed by atoms with Crippen LogP contribution in [0.4, 0.5) is 11.4 Å². The lowest BCUT2D eigenvalue weighted by Crippen LogP contribution is -2.08. The van der Waals surface area contributed by atoms with Crippen LogP contribution in [0, 0.1) is 0 Å². The average Bonchev–Trinajstić information content (AvgIpc) is 2.38. The molecule has 2 aromatic carbocycles. The molecule has 0 spiro atoms. The molecule has 0 unspecified atom stereocenters. The lowest BCUT2D eigenvalue weighted by atomic mass is 10.1. The monoisotopic (exact) mass is 270 g/mol. The van der Waals surface area contributed by atoms with Crippen LogP contribution < -0.4 is 15.8 Å². The van der Waals surface area contributed by atoms with E-state index in [-0.39, 0.29) is 6.10 Å². The number of benzene rings is 2. The molecule has 0 bridgehead atoms. The van der Waals surface area contributed by atoms with Gasteiger partial charge in [-0.25, -0.2) is 0 Å². The summed E-state index contributed by atoms with van der Waals surface area (Å²) in [5.41, 5.74) is 8.93. The van der Waals surface area contributed by atoms with E-state index in [4.69, 9.17) is 10.5 Å². The molecule has 2 rings (SSSR count). The van der Waals surface area contributed by atoms with Crippen LogP contribution in [0.1, 0.15) is 19.4 Å². The number of nitrogens with one attached hydrogen (secondary N) is 1. The van der Waals surface area contributed by atoms with Crippen LogP contribution in [-0.4, -0.2) is 12.6 Å². The molecule has 0 heterocycles. The first-order chi connectivity index (χ1) is 9.63. The van der Waals surface area contributed by atoms with E-state index in [9.17, 15) is 0 Å². The molecule has 3 heteroatoms. The van der Waals surface area contributed by atoms with Crippen molar-refractivity contribution in [1.82, 2.24) is 0 Å². The number of anilines is 2. The highest BCUT2D eigenvalue weighted by atomic mass is 16.5. The first-order valence-electron chi connectivity index (χ1n) is 6.98. The molecule has 0 aliphatic heterocycles. The van der Waals surface area contributed by atoms with E-state index >= 15 is 0 Å². The number of ether oxygens (including phenoxy) is 1. The van der Waals surface area contributed by atoms with E-state index < -0.39 is 0 Å². The van der Waals surface area contributed by atoms with Crippen LogP contribution in [0.5, 0.6) is 5.75 Å². The van der Waals surface area contributed by atoms with Crippen molar-refractivity contribution >= 4 is 11.4 Å². The first-order valence-corrected chi connectivity index (χ1v) is 6.98. The van der Waals surface area contributed by atoms with E-state index in [0.717, 1.165) is 24.4 Å². The van der Waals surface area contributed by atoms with E-state index in [1.165, 1.54) is 5.56 Å². The summed E-state index contributed by atoms with van der Waals surface area (Å²) < 4.78 is 5.68. The minimum absolute atomic E-state index is 0.147. The zero-order chi connectivity index (χ0) is 14.4.